The van der Waals surface area contributed by atoms with Gasteiger partial charge in [0, 0.05) is 4.47 Å². The van der Waals surface area contributed by atoms with E-state index in [2.05, 4.69) is 33.2 Å². The van der Waals surface area contributed by atoms with E-state index in [0.29, 0.717) is 5.88 Å². The molecule has 0 saturated heterocycles. The number of nitrogen functional groups attached to an aromatic ring is 1. The van der Waals surface area contributed by atoms with Crippen LogP contribution in [0.4, 0.5) is 5.88 Å². The van der Waals surface area contributed by atoms with Crippen LogP contribution in [0.1, 0.15) is 24.0 Å². The van der Waals surface area contributed by atoms with Gasteiger partial charge in [-0.3, -0.25) is 0 Å². The van der Waals surface area contributed by atoms with Crippen LogP contribution in [0.5, 0.6) is 0 Å². The maximum absolute atomic E-state index is 5.75. The average molecular weight is 293 g/mol. The van der Waals surface area contributed by atoms with E-state index in [1.807, 2.05) is 0 Å². The zero-order valence-corrected chi connectivity index (χ0v) is 11.0. The summed E-state index contributed by atoms with van der Waals surface area (Å²) in [6, 6.07) is 4.31. The normalized spacial score (nSPS) is 14.6. The fourth-order valence-corrected chi connectivity index (χ4v) is 3.13. The van der Waals surface area contributed by atoms with E-state index in [9.17, 15) is 0 Å². The minimum atomic E-state index is 0.382. The van der Waals surface area contributed by atoms with Crippen molar-refractivity contribution < 1.29 is 4.52 Å². The van der Waals surface area contributed by atoms with E-state index < -0.39 is 0 Å². The summed E-state index contributed by atoms with van der Waals surface area (Å²) in [6.45, 7) is 0. The number of rotatable bonds is 1. The summed E-state index contributed by atoms with van der Waals surface area (Å²) in [5.74, 6) is 0.382. The van der Waals surface area contributed by atoms with Crippen LogP contribution in [-0.2, 0) is 12.8 Å². The Balaban J connectivity index is 2.14. The summed E-state index contributed by atoms with van der Waals surface area (Å²) < 4.78 is 6.09. The van der Waals surface area contributed by atoms with Gasteiger partial charge in [-0.15, -0.1) is 0 Å². The first-order valence-corrected chi connectivity index (χ1v) is 6.57. The zero-order valence-electron chi connectivity index (χ0n) is 9.37. The zero-order chi connectivity index (χ0) is 11.8. The maximum Gasteiger partial charge on any atom is 0.229 e. The Kier molecular flexibility index (Phi) is 2.67. The summed E-state index contributed by atoms with van der Waals surface area (Å²) >= 11 is 3.65. The van der Waals surface area contributed by atoms with Crippen molar-refractivity contribution in [2.45, 2.75) is 25.7 Å². The maximum atomic E-state index is 5.75. The van der Waals surface area contributed by atoms with E-state index in [4.69, 9.17) is 10.3 Å². The van der Waals surface area contributed by atoms with Crippen LogP contribution in [0.15, 0.2) is 27.3 Å². The third-order valence-corrected chi connectivity index (χ3v) is 4.03. The number of nitrogens with zero attached hydrogens (tertiary/aromatic N) is 1. The third kappa shape index (κ3) is 1.86. The molecule has 0 radical (unpaired) electrons. The number of halogens is 1. The number of fused-ring (bicyclic) bond motifs is 1. The monoisotopic (exact) mass is 292 g/mol. The highest BCUT2D eigenvalue weighted by Crippen LogP contribution is 2.35. The molecule has 0 aliphatic heterocycles. The molecule has 1 aliphatic carbocycles. The Morgan fingerprint density at radius 2 is 2.06 bits per heavy atom. The first kappa shape index (κ1) is 10.8. The van der Waals surface area contributed by atoms with Crippen molar-refractivity contribution in [3.8, 4) is 11.1 Å². The number of hydrogen-bond acceptors (Lipinski definition) is 3. The van der Waals surface area contributed by atoms with Crippen molar-refractivity contribution in [2.75, 3.05) is 5.73 Å². The molecule has 0 amide bonds. The van der Waals surface area contributed by atoms with Crippen LogP contribution >= 0.6 is 15.9 Å². The second-order valence-corrected chi connectivity index (χ2v) is 5.26. The molecule has 17 heavy (non-hydrogen) atoms. The molecule has 4 heteroatoms. The molecule has 2 N–H and O–H groups in total. The lowest BCUT2D eigenvalue weighted by Gasteiger charge is -2.18. The molecule has 0 spiro atoms. The number of nitrogens with two attached hydrogens (primary N) is 1. The van der Waals surface area contributed by atoms with Gasteiger partial charge in [0.05, 0.1) is 11.8 Å². The summed E-state index contributed by atoms with van der Waals surface area (Å²) in [4.78, 5) is 0. The molecule has 1 aromatic carbocycles. The molecule has 1 aromatic heterocycles. The molecule has 0 atom stereocenters. The van der Waals surface area contributed by atoms with Crippen molar-refractivity contribution in [1.29, 1.82) is 0 Å². The van der Waals surface area contributed by atoms with Crippen LogP contribution in [-0.4, -0.2) is 5.16 Å². The smallest absolute Gasteiger partial charge is 0.229 e. The van der Waals surface area contributed by atoms with Gasteiger partial charge in [-0.2, -0.15) is 0 Å². The fraction of sp³-hybridized carbons (Fsp3) is 0.308. The highest BCUT2D eigenvalue weighted by atomic mass is 79.9. The molecule has 0 saturated carbocycles. The van der Waals surface area contributed by atoms with E-state index in [1.165, 1.54) is 28.4 Å². The molecule has 3 nitrogen and oxygen atoms in total. The molecule has 2 aromatic rings. The van der Waals surface area contributed by atoms with Gasteiger partial charge in [0.15, 0.2) is 0 Å². The minimum absolute atomic E-state index is 0.382. The van der Waals surface area contributed by atoms with E-state index >= 15 is 0 Å². The third-order valence-electron chi connectivity index (χ3n) is 3.32. The summed E-state index contributed by atoms with van der Waals surface area (Å²) in [6.07, 6.45) is 6.52. The van der Waals surface area contributed by atoms with Crippen LogP contribution in [0.3, 0.4) is 0 Å². The topological polar surface area (TPSA) is 52.0 Å². The van der Waals surface area contributed by atoms with Gasteiger partial charge >= 0.3 is 0 Å². The Morgan fingerprint density at radius 1 is 1.24 bits per heavy atom. The summed E-state index contributed by atoms with van der Waals surface area (Å²) in [5.41, 5.74) is 10.6. The summed E-state index contributed by atoms with van der Waals surface area (Å²) in [7, 11) is 0. The van der Waals surface area contributed by atoms with Crippen molar-refractivity contribution in [2.24, 2.45) is 0 Å². The Morgan fingerprint density at radius 3 is 2.82 bits per heavy atom. The molecule has 0 bridgehead atoms. The molecular weight excluding hydrogens is 280 g/mol. The largest absolute Gasteiger partial charge is 0.367 e. The average Bonchev–Trinajstić information content (AvgIpc) is 2.75. The van der Waals surface area contributed by atoms with Gasteiger partial charge in [-0.05, 0) is 48.4 Å². The quantitative estimate of drug-likeness (QED) is 0.874. The van der Waals surface area contributed by atoms with Gasteiger partial charge in [0.2, 0.25) is 5.88 Å². The second kappa shape index (κ2) is 4.18. The molecular formula is C13H13BrN2O. The number of aryl methyl sites for hydroxylation is 1. The first-order valence-electron chi connectivity index (χ1n) is 5.77. The van der Waals surface area contributed by atoms with E-state index in [-0.39, 0.29) is 0 Å². The SMILES string of the molecule is Nc1oncc1-c1cc(Br)c2c(c1)CCCC2. The van der Waals surface area contributed by atoms with Crippen LogP contribution in [0.25, 0.3) is 11.1 Å². The molecule has 1 aliphatic rings. The van der Waals surface area contributed by atoms with Gasteiger partial charge in [0.25, 0.3) is 0 Å². The number of hydrogen-bond donors (Lipinski definition) is 1. The van der Waals surface area contributed by atoms with Crippen molar-refractivity contribution in [1.82, 2.24) is 5.16 Å². The number of aromatic nitrogens is 1. The van der Waals surface area contributed by atoms with Crippen molar-refractivity contribution >= 4 is 21.8 Å². The van der Waals surface area contributed by atoms with E-state index in [1.54, 1.807) is 6.20 Å². The Hall–Kier alpha value is -1.29. The standard InChI is InChI=1S/C13H13BrN2O/c14-12-6-9(11-7-16-17-13(11)15)5-8-3-1-2-4-10(8)12/h5-7H,1-4,15H2. The lowest BCUT2D eigenvalue weighted by atomic mass is 9.89. The van der Waals surface area contributed by atoms with Gasteiger partial charge < -0.3 is 10.3 Å². The van der Waals surface area contributed by atoms with Gasteiger partial charge in [-0.25, -0.2) is 0 Å². The summed E-state index contributed by atoms with van der Waals surface area (Å²) in [5, 5.41) is 3.72. The second-order valence-electron chi connectivity index (χ2n) is 4.41. The van der Waals surface area contributed by atoms with Crippen molar-refractivity contribution in [3.63, 3.8) is 0 Å². The lowest BCUT2D eigenvalue weighted by Crippen LogP contribution is -2.03. The first-order chi connectivity index (χ1) is 8.25. The minimum Gasteiger partial charge on any atom is -0.367 e. The Bertz CT molecular complexity index is 563. The van der Waals surface area contributed by atoms with Crippen LogP contribution in [0.2, 0.25) is 0 Å². The number of benzene rings is 1. The lowest BCUT2D eigenvalue weighted by molar-refractivity contribution is 0.436. The molecule has 0 unspecified atom stereocenters. The van der Waals surface area contributed by atoms with Gasteiger partial charge in [-0.1, -0.05) is 27.2 Å². The molecule has 88 valence electrons. The predicted octanol–water partition coefficient (Wildman–Crippen LogP) is 3.57. The fourth-order valence-electron chi connectivity index (χ4n) is 2.43. The number of anilines is 1. The Labute approximate surface area is 108 Å². The molecule has 0 fully saturated rings. The highest BCUT2D eigenvalue weighted by molar-refractivity contribution is 9.10. The van der Waals surface area contributed by atoms with Gasteiger partial charge in [0.1, 0.15) is 0 Å². The molecule has 3 rings (SSSR count). The van der Waals surface area contributed by atoms with Crippen molar-refractivity contribution in [3.05, 3.63) is 33.9 Å². The van der Waals surface area contributed by atoms with E-state index in [0.717, 1.165) is 24.0 Å². The molecule has 1 heterocycles. The highest BCUT2D eigenvalue weighted by Gasteiger charge is 2.16. The predicted molar refractivity (Wildman–Crippen MR) is 70.7 cm³/mol. The van der Waals surface area contributed by atoms with Crippen LogP contribution < -0.4 is 5.73 Å². The van der Waals surface area contributed by atoms with Crippen LogP contribution in [0, 0.1) is 0 Å².